The molecule has 2 aliphatic heterocycles. The number of hydrogen-bond donors (Lipinski definition) is 1. The molecule has 3 nitrogen and oxygen atoms in total. The summed E-state index contributed by atoms with van der Waals surface area (Å²) in [5.74, 6) is 1.53. The number of aryl methyl sites for hydroxylation is 1. The molecule has 0 aromatic heterocycles. The third kappa shape index (κ3) is 1.69. The van der Waals surface area contributed by atoms with E-state index in [1.165, 1.54) is 5.56 Å². The highest BCUT2D eigenvalue weighted by molar-refractivity contribution is 5.64. The molecule has 1 N–H and O–H groups in total. The van der Waals surface area contributed by atoms with Gasteiger partial charge in [0.05, 0.1) is 11.3 Å². The number of benzene rings is 1. The Hall–Kier alpha value is -1.53. The Morgan fingerprint density at radius 1 is 1.29 bits per heavy atom. The summed E-state index contributed by atoms with van der Waals surface area (Å²) in [5.41, 5.74) is 3.19. The van der Waals surface area contributed by atoms with Crippen LogP contribution in [0.3, 0.4) is 0 Å². The number of fused-ring (bicyclic) bond motifs is 1. The maximum atomic E-state index is 9.22. The molecule has 0 bridgehead atoms. The molecule has 3 heteroatoms. The van der Waals surface area contributed by atoms with E-state index >= 15 is 0 Å². The SMILES string of the molecule is Cc1cccc(C#N)c1N1C[C@H]2CNC[C@H]2C1. The summed E-state index contributed by atoms with van der Waals surface area (Å²) in [6.45, 7) is 6.56. The number of nitrogens with zero attached hydrogens (tertiary/aromatic N) is 2. The Balaban J connectivity index is 1.93. The van der Waals surface area contributed by atoms with E-state index in [0.29, 0.717) is 0 Å². The number of nitrogens with one attached hydrogen (secondary N) is 1. The molecule has 2 aliphatic rings. The lowest BCUT2D eigenvalue weighted by atomic mass is 10.0. The highest BCUT2D eigenvalue weighted by Crippen LogP contribution is 2.34. The van der Waals surface area contributed by atoms with E-state index in [9.17, 15) is 5.26 Å². The van der Waals surface area contributed by atoms with Gasteiger partial charge >= 0.3 is 0 Å². The van der Waals surface area contributed by atoms with Crippen molar-refractivity contribution >= 4 is 5.69 Å². The van der Waals surface area contributed by atoms with Crippen molar-refractivity contribution in [1.29, 1.82) is 5.26 Å². The minimum absolute atomic E-state index is 0.765. The predicted octanol–water partition coefficient (Wildman–Crippen LogP) is 1.52. The first-order chi connectivity index (χ1) is 8.29. The molecule has 17 heavy (non-hydrogen) atoms. The van der Waals surface area contributed by atoms with Gasteiger partial charge in [0.1, 0.15) is 6.07 Å². The molecule has 0 amide bonds. The van der Waals surface area contributed by atoms with Crippen LogP contribution in [0.1, 0.15) is 11.1 Å². The van der Waals surface area contributed by atoms with Gasteiger partial charge in [-0.3, -0.25) is 0 Å². The number of nitriles is 1. The zero-order valence-corrected chi connectivity index (χ0v) is 10.1. The lowest BCUT2D eigenvalue weighted by Crippen LogP contribution is -2.26. The molecular formula is C14H17N3. The summed E-state index contributed by atoms with van der Waals surface area (Å²) in [6.07, 6.45) is 0. The fourth-order valence-electron chi connectivity index (χ4n) is 3.21. The molecule has 0 unspecified atom stereocenters. The predicted molar refractivity (Wildman–Crippen MR) is 68.0 cm³/mol. The number of rotatable bonds is 1. The third-order valence-electron chi connectivity index (χ3n) is 4.06. The molecule has 0 aliphatic carbocycles. The summed E-state index contributed by atoms with van der Waals surface area (Å²) in [6, 6.07) is 8.31. The van der Waals surface area contributed by atoms with Gasteiger partial charge in [-0.15, -0.1) is 0 Å². The van der Waals surface area contributed by atoms with E-state index in [1.807, 2.05) is 12.1 Å². The average Bonchev–Trinajstić information content (AvgIpc) is 2.88. The summed E-state index contributed by atoms with van der Waals surface area (Å²) in [5, 5.41) is 12.7. The summed E-state index contributed by atoms with van der Waals surface area (Å²) in [4.78, 5) is 2.41. The summed E-state index contributed by atoms with van der Waals surface area (Å²) in [7, 11) is 0. The van der Waals surface area contributed by atoms with E-state index in [0.717, 1.165) is 49.3 Å². The minimum Gasteiger partial charge on any atom is -0.370 e. The molecule has 2 fully saturated rings. The molecule has 3 rings (SSSR count). The van der Waals surface area contributed by atoms with Crippen LogP contribution >= 0.6 is 0 Å². The van der Waals surface area contributed by atoms with Gasteiger partial charge in [0, 0.05) is 26.2 Å². The van der Waals surface area contributed by atoms with Crippen LogP contribution in [-0.4, -0.2) is 26.2 Å². The highest BCUT2D eigenvalue weighted by atomic mass is 15.2. The van der Waals surface area contributed by atoms with Crippen LogP contribution in [0.5, 0.6) is 0 Å². The number of anilines is 1. The van der Waals surface area contributed by atoms with E-state index in [1.54, 1.807) is 0 Å². The lowest BCUT2D eigenvalue weighted by Gasteiger charge is -2.23. The van der Waals surface area contributed by atoms with Crippen molar-refractivity contribution in [1.82, 2.24) is 5.32 Å². The second kappa shape index (κ2) is 4.05. The van der Waals surface area contributed by atoms with E-state index < -0.39 is 0 Å². The monoisotopic (exact) mass is 227 g/mol. The fourth-order valence-corrected chi connectivity index (χ4v) is 3.21. The van der Waals surface area contributed by atoms with Crippen molar-refractivity contribution in [3.8, 4) is 6.07 Å². The molecule has 1 aromatic carbocycles. The summed E-state index contributed by atoms with van der Waals surface area (Å²) >= 11 is 0. The molecule has 2 heterocycles. The Kier molecular flexibility index (Phi) is 2.53. The first-order valence-electron chi connectivity index (χ1n) is 6.25. The maximum Gasteiger partial charge on any atom is 0.101 e. The van der Waals surface area contributed by atoms with Crippen LogP contribution in [-0.2, 0) is 0 Å². The fraction of sp³-hybridized carbons (Fsp3) is 0.500. The molecule has 0 saturated carbocycles. The minimum atomic E-state index is 0.765. The highest BCUT2D eigenvalue weighted by Gasteiger charge is 2.37. The third-order valence-corrected chi connectivity index (χ3v) is 4.06. The van der Waals surface area contributed by atoms with Gasteiger partial charge in [-0.05, 0) is 30.4 Å². The topological polar surface area (TPSA) is 39.1 Å². The van der Waals surface area contributed by atoms with E-state index in [2.05, 4.69) is 29.3 Å². The molecule has 0 spiro atoms. The van der Waals surface area contributed by atoms with Crippen LogP contribution in [0, 0.1) is 30.1 Å². The van der Waals surface area contributed by atoms with E-state index in [-0.39, 0.29) is 0 Å². The van der Waals surface area contributed by atoms with Crippen molar-refractivity contribution in [2.45, 2.75) is 6.92 Å². The van der Waals surface area contributed by atoms with Crippen LogP contribution in [0.25, 0.3) is 0 Å². The quantitative estimate of drug-likeness (QED) is 0.790. The van der Waals surface area contributed by atoms with Crippen LogP contribution in [0.2, 0.25) is 0 Å². The Bertz CT molecular complexity index is 463. The molecule has 88 valence electrons. The average molecular weight is 227 g/mol. The van der Waals surface area contributed by atoms with Gasteiger partial charge in [0.15, 0.2) is 0 Å². The van der Waals surface area contributed by atoms with Gasteiger partial charge in [0.2, 0.25) is 0 Å². The maximum absolute atomic E-state index is 9.22. The van der Waals surface area contributed by atoms with Gasteiger partial charge in [-0.25, -0.2) is 0 Å². The number of para-hydroxylation sites is 1. The Labute approximate surface area is 102 Å². The molecular weight excluding hydrogens is 210 g/mol. The standard InChI is InChI=1S/C14H17N3/c1-10-3-2-4-11(5-15)14(10)17-8-12-6-16-7-13(12)9-17/h2-4,12-13,16H,6-9H2,1H3/t12-,13+. The van der Waals surface area contributed by atoms with Crippen molar-refractivity contribution in [3.63, 3.8) is 0 Å². The largest absolute Gasteiger partial charge is 0.370 e. The van der Waals surface area contributed by atoms with Crippen molar-refractivity contribution in [3.05, 3.63) is 29.3 Å². The molecule has 0 radical (unpaired) electrons. The molecule has 1 aromatic rings. The summed E-state index contributed by atoms with van der Waals surface area (Å²) < 4.78 is 0. The van der Waals surface area contributed by atoms with Crippen molar-refractivity contribution < 1.29 is 0 Å². The van der Waals surface area contributed by atoms with Crippen molar-refractivity contribution in [2.24, 2.45) is 11.8 Å². The zero-order valence-electron chi connectivity index (χ0n) is 10.1. The first-order valence-corrected chi connectivity index (χ1v) is 6.25. The van der Waals surface area contributed by atoms with Gasteiger partial charge in [0.25, 0.3) is 0 Å². The lowest BCUT2D eigenvalue weighted by molar-refractivity contribution is 0.533. The van der Waals surface area contributed by atoms with Crippen LogP contribution in [0.15, 0.2) is 18.2 Å². The second-order valence-corrected chi connectivity index (χ2v) is 5.17. The smallest absolute Gasteiger partial charge is 0.101 e. The Morgan fingerprint density at radius 3 is 2.65 bits per heavy atom. The second-order valence-electron chi connectivity index (χ2n) is 5.17. The molecule has 2 saturated heterocycles. The number of hydrogen-bond acceptors (Lipinski definition) is 3. The van der Waals surface area contributed by atoms with Crippen LogP contribution in [0.4, 0.5) is 5.69 Å². The Morgan fingerprint density at radius 2 is 2.00 bits per heavy atom. The van der Waals surface area contributed by atoms with Crippen LogP contribution < -0.4 is 10.2 Å². The zero-order chi connectivity index (χ0) is 11.8. The normalized spacial score (nSPS) is 26.9. The first kappa shape index (κ1) is 10.6. The van der Waals surface area contributed by atoms with Gasteiger partial charge in [-0.1, -0.05) is 12.1 Å². The van der Waals surface area contributed by atoms with E-state index in [4.69, 9.17) is 0 Å². The molecule has 2 atom stereocenters. The van der Waals surface area contributed by atoms with Gasteiger partial charge < -0.3 is 10.2 Å². The van der Waals surface area contributed by atoms with Gasteiger partial charge in [-0.2, -0.15) is 5.26 Å². The van der Waals surface area contributed by atoms with Crippen molar-refractivity contribution in [2.75, 3.05) is 31.1 Å².